The van der Waals surface area contributed by atoms with Gasteiger partial charge in [0.25, 0.3) is 0 Å². The van der Waals surface area contributed by atoms with Gasteiger partial charge in [-0.1, -0.05) is 19.9 Å². The molecule has 5 heteroatoms. The summed E-state index contributed by atoms with van der Waals surface area (Å²) in [5.41, 5.74) is 7.54. The zero-order chi connectivity index (χ0) is 15.6. The lowest BCUT2D eigenvalue weighted by molar-refractivity contribution is -0.142. The lowest BCUT2D eigenvalue weighted by atomic mass is 9.81. The maximum absolute atomic E-state index is 12.8. The van der Waals surface area contributed by atoms with Crippen molar-refractivity contribution in [3.8, 4) is 0 Å². The van der Waals surface area contributed by atoms with Crippen molar-refractivity contribution in [2.75, 3.05) is 6.54 Å². The molecule has 1 amide bonds. The first-order chi connectivity index (χ1) is 9.97. The number of rotatable bonds is 5. The Labute approximate surface area is 124 Å². The van der Waals surface area contributed by atoms with Crippen LogP contribution >= 0.6 is 0 Å². The SMILES string of the molecule is CCC(CC)(CN)C(=O)N1Cc2ccc(C(=O)O)cc2C1. The molecule has 0 aromatic heterocycles. The fourth-order valence-electron chi connectivity index (χ4n) is 2.93. The van der Waals surface area contributed by atoms with Crippen LogP contribution in [0.25, 0.3) is 0 Å². The Kier molecular flexibility index (Phi) is 4.32. The summed E-state index contributed by atoms with van der Waals surface area (Å²) in [6.07, 6.45) is 1.43. The molecule has 0 atom stereocenters. The van der Waals surface area contributed by atoms with Gasteiger partial charge in [0, 0.05) is 19.6 Å². The molecular formula is C16H22N2O3. The van der Waals surface area contributed by atoms with Crippen molar-refractivity contribution >= 4 is 11.9 Å². The van der Waals surface area contributed by atoms with E-state index in [0.717, 1.165) is 11.1 Å². The van der Waals surface area contributed by atoms with E-state index in [1.807, 2.05) is 13.8 Å². The highest BCUT2D eigenvalue weighted by atomic mass is 16.4. The maximum Gasteiger partial charge on any atom is 0.335 e. The zero-order valence-electron chi connectivity index (χ0n) is 12.6. The minimum Gasteiger partial charge on any atom is -0.478 e. The molecule has 1 aromatic carbocycles. The molecule has 0 fully saturated rings. The van der Waals surface area contributed by atoms with Crippen molar-refractivity contribution in [3.63, 3.8) is 0 Å². The van der Waals surface area contributed by atoms with Crippen LogP contribution in [0.2, 0.25) is 0 Å². The molecule has 0 radical (unpaired) electrons. The molecule has 21 heavy (non-hydrogen) atoms. The summed E-state index contributed by atoms with van der Waals surface area (Å²) < 4.78 is 0. The number of aromatic carboxylic acids is 1. The quantitative estimate of drug-likeness (QED) is 0.868. The third-order valence-corrected chi connectivity index (χ3v) is 4.66. The highest BCUT2D eigenvalue weighted by Gasteiger charge is 2.38. The number of carbonyl (C=O) groups is 2. The monoisotopic (exact) mass is 290 g/mol. The van der Waals surface area contributed by atoms with Gasteiger partial charge in [0.1, 0.15) is 0 Å². The molecule has 0 spiro atoms. The number of nitrogens with zero attached hydrogens (tertiary/aromatic N) is 1. The van der Waals surface area contributed by atoms with Gasteiger partial charge in [-0.2, -0.15) is 0 Å². The topological polar surface area (TPSA) is 83.6 Å². The first-order valence-electron chi connectivity index (χ1n) is 7.32. The van der Waals surface area contributed by atoms with E-state index in [9.17, 15) is 9.59 Å². The van der Waals surface area contributed by atoms with E-state index >= 15 is 0 Å². The third kappa shape index (κ3) is 2.65. The van der Waals surface area contributed by atoms with Crippen molar-refractivity contribution in [3.05, 3.63) is 34.9 Å². The number of amides is 1. The van der Waals surface area contributed by atoms with Crippen molar-refractivity contribution < 1.29 is 14.7 Å². The van der Waals surface area contributed by atoms with E-state index in [1.165, 1.54) is 0 Å². The van der Waals surface area contributed by atoms with E-state index in [4.69, 9.17) is 10.8 Å². The third-order valence-electron chi connectivity index (χ3n) is 4.66. The van der Waals surface area contributed by atoms with Crippen LogP contribution in [0, 0.1) is 5.41 Å². The van der Waals surface area contributed by atoms with Crippen LogP contribution < -0.4 is 5.73 Å². The van der Waals surface area contributed by atoms with Gasteiger partial charge in [0.15, 0.2) is 0 Å². The minimum absolute atomic E-state index is 0.0723. The molecule has 5 nitrogen and oxygen atoms in total. The predicted octanol–water partition coefficient (Wildman–Crippen LogP) is 1.99. The molecule has 0 saturated carbocycles. The van der Waals surface area contributed by atoms with Crippen LogP contribution in [0.4, 0.5) is 0 Å². The van der Waals surface area contributed by atoms with Gasteiger partial charge in [0.05, 0.1) is 11.0 Å². The summed E-state index contributed by atoms with van der Waals surface area (Å²) in [6, 6.07) is 5.05. The van der Waals surface area contributed by atoms with Gasteiger partial charge in [-0.3, -0.25) is 4.79 Å². The standard InChI is InChI=1S/C16H22N2O3/c1-3-16(4-2,10-17)15(21)18-8-12-6-5-11(14(19)20)7-13(12)9-18/h5-7H,3-4,8-10,17H2,1-2H3,(H,19,20). The van der Waals surface area contributed by atoms with Gasteiger partial charge >= 0.3 is 5.97 Å². The lowest BCUT2D eigenvalue weighted by Gasteiger charge is -2.33. The first kappa shape index (κ1) is 15.5. The van der Waals surface area contributed by atoms with Crippen molar-refractivity contribution in [2.24, 2.45) is 11.1 Å². The van der Waals surface area contributed by atoms with Gasteiger partial charge in [-0.05, 0) is 36.1 Å². The van der Waals surface area contributed by atoms with Crippen LogP contribution in [-0.2, 0) is 17.9 Å². The normalized spacial score (nSPS) is 14.1. The largest absolute Gasteiger partial charge is 0.478 e. The molecular weight excluding hydrogens is 268 g/mol. The molecule has 2 rings (SSSR count). The van der Waals surface area contributed by atoms with Crippen LogP contribution in [0.15, 0.2) is 18.2 Å². The molecule has 0 bridgehead atoms. The lowest BCUT2D eigenvalue weighted by Crippen LogP contribution is -2.45. The summed E-state index contributed by atoms with van der Waals surface area (Å²) in [4.78, 5) is 25.6. The predicted molar refractivity (Wildman–Crippen MR) is 79.7 cm³/mol. The zero-order valence-corrected chi connectivity index (χ0v) is 12.6. The second kappa shape index (κ2) is 5.85. The highest BCUT2D eigenvalue weighted by Crippen LogP contribution is 2.32. The van der Waals surface area contributed by atoms with E-state index in [1.54, 1.807) is 23.1 Å². The fourth-order valence-corrected chi connectivity index (χ4v) is 2.93. The Morgan fingerprint density at radius 1 is 1.24 bits per heavy atom. The Hall–Kier alpha value is -1.88. The molecule has 1 aliphatic rings. The second-order valence-corrected chi connectivity index (χ2v) is 5.64. The van der Waals surface area contributed by atoms with Crippen LogP contribution in [0.5, 0.6) is 0 Å². The average molecular weight is 290 g/mol. The van der Waals surface area contributed by atoms with Crippen LogP contribution in [0.3, 0.4) is 0 Å². The van der Waals surface area contributed by atoms with Crippen molar-refractivity contribution in [1.29, 1.82) is 0 Å². The second-order valence-electron chi connectivity index (χ2n) is 5.64. The van der Waals surface area contributed by atoms with Crippen LogP contribution in [0.1, 0.15) is 48.2 Å². The minimum atomic E-state index is -0.944. The fraction of sp³-hybridized carbons (Fsp3) is 0.500. The number of hydrogen-bond acceptors (Lipinski definition) is 3. The Morgan fingerprint density at radius 2 is 1.86 bits per heavy atom. The molecule has 1 aliphatic heterocycles. The Bertz CT molecular complexity index is 556. The number of fused-ring (bicyclic) bond motifs is 1. The number of nitrogens with two attached hydrogens (primary N) is 1. The number of carboxylic acids is 1. The van der Waals surface area contributed by atoms with E-state index in [-0.39, 0.29) is 11.5 Å². The van der Waals surface area contributed by atoms with Crippen molar-refractivity contribution in [1.82, 2.24) is 4.90 Å². The molecule has 0 unspecified atom stereocenters. The number of hydrogen-bond donors (Lipinski definition) is 2. The first-order valence-corrected chi connectivity index (χ1v) is 7.32. The van der Waals surface area contributed by atoms with Gasteiger partial charge in [-0.25, -0.2) is 4.79 Å². The molecule has 1 heterocycles. The van der Waals surface area contributed by atoms with Crippen molar-refractivity contribution in [2.45, 2.75) is 39.8 Å². The highest BCUT2D eigenvalue weighted by molar-refractivity contribution is 5.88. The number of benzene rings is 1. The van der Waals surface area contributed by atoms with Gasteiger partial charge < -0.3 is 15.7 Å². The van der Waals surface area contributed by atoms with E-state index in [2.05, 4.69) is 0 Å². The molecule has 1 aromatic rings. The Balaban J connectivity index is 2.23. The molecule has 0 aliphatic carbocycles. The van der Waals surface area contributed by atoms with Crippen LogP contribution in [-0.4, -0.2) is 28.4 Å². The maximum atomic E-state index is 12.8. The summed E-state index contributed by atoms with van der Waals surface area (Å²) in [5.74, 6) is -0.871. The van der Waals surface area contributed by atoms with Gasteiger partial charge in [0.2, 0.25) is 5.91 Å². The number of carbonyl (C=O) groups excluding carboxylic acids is 1. The van der Waals surface area contributed by atoms with E-state index < -0.39 is 11.4 Å². The summed E-state index contributed by atoms with van der Waals surface area (Å²) in [6.45, 7) is 5.32. The smallest absolute Gasteiger partial charge is 0.335 e. The summed E-state index contributed by atoms with van der Waals surface area (Å²) in [7, 11) is 0. The molecule has 3 N–H and O–H groups in total. The average Bonchev–Trinajstić information content (AvgIpc) is 2.92. The summed E-state index contributed by atoms with van der Waals surface area (Å²) in [5, 5.41) is 9.04. The molecule has 114 valence electrons. The summed E-state index contributed by atoms with van der Waals surface area (Å²) >= 11 is 0. The number of carboxylic acid groups (broad SMARTS) is 1. The van der Waals surface area contributed by atoms with E-state index in [0.29, 0.717) is 32.5 Å². The van der Waals surface area contributed by atoms with Gasteiger partial charge in [-0.15, -0.1) is 0 Å². The molecule has 0 saturated heterocycles. The Morgan fingerprint density at radius 3 is 2.38 bits per heavy atom.